The summed E-state index contributed by atoms with van der Waals surface area (Å²) in [5.74, 6) is -0.00363. The van der Waals surface area contributed by atoms with Gasteiger partial charge in [-0.25, -0.2) is 4.98 Å². The zero-order valence-electron chi connectivity index (χ0n) is 14.6. The minimum atomic E-state index is -0.200. The molecule has 128 valence electrons. The molecule has 0 radical (unpaired) electrons. The molecule has 1 N–H and O–H groups in total. The first-order chi connectivity index (χ1) is 11.5. The van der Waals surface area contributed by atoms with E-state index in [0.717, 1.165) is 22.7 Å². The molecule has 1 aromatic carbocycles. The Morgan fingerprint density at radius 1 is 1.21 bits per heavy atom. The molecule has 5 heteroatoms. The van der Waals surface area contributed by atoms with Crippen molar-refractivity contribution in [3.8, 4) is 0 Å². The molecule has 2 atom stereocenters. The fourth-order valence-electron chi connectivity index (χ4n) is 2.05. The van der Waals surface area contributed by atoms with Gasteiger partial charge in [0.2, 0.25) is 5.91 Å². The van der Waals surface area contributed by atoms with Gasteiger partial charge in [0.25, 0.3) is 0 Å². The van der Waals surface area contributed by atoms with Gasteiger partial charge >= 0.3 is 0 Å². The minimum absolute atomic E-state index is 0.00363. The summed E-state index contributed by atoms with van der Waals surface area (Å²) >= 11 is 3.33. The lowest BCUT2D eigenvalue weighted by Gasteiger charge is -2.15. The number of carbonyl (C=O) groups is 1. The third-order valence-electron chi connectivity index (χ3n) is 3.67. The Bertz CT molecular complexity index is 676. The van der Waals surface area contributed by atoms with Crippen LogP contribution in [0.5, 0.6) is 0 Å². The van der Waals surface area contributed by atoms with Crippen molar-refractivity contribution in [1.29, 1.82) is 0 Å². The molecule has 0 spiro atoms. The van der Waals surface area contributed by atoms with Crippen molar-refractivity contribution in [2.75, 3.05) is 5.32 Å². The monoisotopic (exact) mass is 360 g/mol. The number of hydrogen-bond donors (Lipinski definition) is 1. The first kappa shape index (κ1) is 18.9. The van der Waals surface area contributed by atoms with Crippen molar-refractivity contribution >= 4 is 35.1 Å². The summed E-state index contributed by atoms with van der Waals surface area (Å²) in [6, 6.07) is 11.9. The second-order valence-corrected chi connectivity index (χ2v) is 8.60. The average molecular weight is 361 g/mol. The highest BCUT2D eigenvalue weighted by molar-refractivity contribution is 8.00. The van der Waals surface area contributed by atoms with E-state index in [1.54, 1.807) is 6.20 Å². The van der Waals surface area contributed by atoms with Crippen LogP contribution >= 0.6 is 23.5 Å². The Kier molecular flexibility index (Phi) is 7.18. The number of amides is 1. The maximum absolute atomic E-state index is 12.4. The van der Waals surface area contributed by atoms with Gasteiger partial charge in [0, 0.05) is 22.0 Å². The van der Waals surface area contributed by atoms with Crippen molar-refractivity contribution in [3.05, 3.63) is 48.2 Å². The molecule has 24 heavy (non-hydrogen) atoms. The van der Waals surface area contributed by atoms with Gasteiger partial charge in [-0.15, -0.1) is 11.8 Å². The van der Waals surface area contributed by atoms with E-state index in [1.807, 2.05) is 49.9 Å². The number of benzene rings is 1. The van der Waals surface area contributed by atoms with E-state index in [0.29, 0.717) is 5.25 Å². The van der Waals surface area contributed by atoms with Crippen LogP contribution in [-0.4, -0.2) is 21.4 Å². The Morgan fingerprint density at radius 3 is 2.62 bits per heavy atom. The van der Waals surface area contributed by atoms with Crippen molar-refractivity contribution < 1.29 is 4.79 Å². The molecule has 1 aromatic heterocycles. The van der Waals surface area contributed by atoms with Gasteiger partial charge in [-0.3, -0.25) is 4.79 Å². The third kappa shape index (κ3) is 5.56. The van der Waals surface area contributed by atoms with Crippen molar-refractivity contribution in [3.63, 3.8) is 0 Å². The van der Waals surface area contributed by atoms with Gasteiger partial charge in [0.15, 0.2) is 0 Å². The van der Waals surface area contributed by atoms with Crippen LogP contribution < -0.4 is 5.32 Å². The molecule has 0 unspecified atom stereocenters. The molecule has 0 saturated heterocycles. The van der Waals surface area contributed by atoms with Gasteiger partial charge in [0.05, 0.1) is 10.3 Å². The lowest BCUT2D eigenvalue weighted by molar-refractivity contribution is -0.115. The van der Waals surface area contributed by atoms with Crippen LogP contribution in [0.4, 0.5) is 5.69 Å². The van der Waals surface area contributed by atoms with Gasteiger partial charge in [0.1, 0.15) is 0 Å². The lowest BCUT2D eigenvalue weighted by atomic mass is 10.2. The molecule has 0 fully saturated rings. The van der Waals surface area contributed by atoms with Gasteiger partial charge in [-0.05, 0) is 56.2 Å². The summed E-state index contributed by atoms with van der Waals surface area (Å²) in [7, 11) is 0. The standard InChI is InChI=1S/C19H24N2OS2/c1-5-14(3)23-16-9-10-17(13(2)12-16)21-19(22)15(4)24-18-8-6-7-11-20-18/h6-12,14-15H,5H2,1-4H3,(H,21,22)/t14-,15-/m0/s1. The quantitative estimate of drug-likeness (QED) is 0.671. The fraction of sp³-hybridized carbons (Fsp3) is 0.368. The SMILES string of the molecule is CC[C@H](C)Sc1ccc(NC(=O)[C@H](C)Sc2ccccn2)c(C)c1. The molecule has 0 aliphatic heterocycles. The van der Waals surface area contributed by atoms with Crippen molar-refractivity contribution in [2.45, 2.75) is 54.5 Å². The number of aromatic nitrogens is 1. The molecule has 0 saturated carbocycles. The molecule has 2 aromatic rings. The lowest BCUT2D eigenvalue weighted by Crippen LogP contribution is -2.22. The normalized spacial score (nSPS) is 13.3. The van der Waals surface area contributed by atoms with E-state index in [2.05, 4.69) is 36.3 Å². The number of nitrogens with one attached hydrogen (secondary N) is 1. The van der Waals surface area contributed by atoms with E-state index >= 15 is 0 Å². The number of pyridine rings is 1. The van der Waals surface area contributed by atoms with Gasteiger partial charge in [-0.2, -0.15) is 0 Å². The van der Waals surface area contributed by atoms with Gasteiger partial charge in [-0.1, -0.05) is 31.7 Å². The van der Waals surface area contributed by atoms with Crippen LogP contribution in [0.25, 0.3) is 0 Å². The predicted molar refractivity (Wildman–Crippen MR) is 105 cm³/mol. The summed E-state index contributed by atoms with van der Waals surface area (Å²) in [5.41, 5.74) is 1.97. The third-order valence-corrected chi connectivity index (χ3v) is 5.98. The van der Waals surface area contributed by atoms with Gasteiger partial charge < -0.3 is 5.32 Å². The van der Waals surface area contributed by atoms with Crippen LogP contribution in [0.3, 0.4) is 0 Å². The van der Waals surface area contributed by atoms with E-state index < -0.39 is 0 Å². The summed E-state index contributed by atoms with van der Waals surface area (Å²) in [6.45, 7) is 8.36. The van der Waals surface area contributed by atoms with E-state index in [4.69, 9.17) is 0 Å². The summed E-state index contributed by atoms with van der Waals surface area (Å²) < 4.78 is 0. The largest absolute Gasteiger partial charge is 0.325 e. The zero-order valence-corrected chi connectivity index (χ0v) is 16.2. The van der Waals surface area contributed by atoms with E-state index in [-0.39, 0.29) is 11.2 Å². The molecular weight excluding hydrogens is 336 g/mol. The zero-order chi connectivity index (χ0) is 17.5. The van der Waals surface area contributed by atoms with Crippen LogP contribution in [0, 0.1) is 6.92 Å². The number of carbonyl (C=O) groups excluding carboxylic acids is 1. The number of aryl methyl sites for hydroxylation is 1. The molecule has 0 aliphatic rings. The number of nitrogens with zero attached hydrogens (tertiary/aromatic N) is 1. The van der Waals surface area contributed by atoms with Crippen LogP contribution in [0.15, 0.2) is 52.5 Å². The molecule has 0 bridgehead atoms. The highest BCUT2D eigenvalue weighted by Crippen LogP contribution is 2.29. The highest BCUT2D eigenvalue weighted by atomic mass is 32.2. The van der Waals surface area contributed by atoms with Crippen LogP contribution in [0.2, 0.25) is 0 Å². The molecular formula is C19H24N2OS2. The molecule has 1 amide bonds. The first-order valence-electron chi connectivity index (χ1n) is 8.15. The number of rotatable bonds is 7. The Balaban J connectivity index is 1.98. The second kappa shape index (κ2) is 9.14. The summed E-state index contributed by atoms with van der Waals surface area (Å²) in [5, 5.41) is 4.28. The average Bonchev–Trinajstić information content (AvgIpc) is 2.58. The van der Waals surface area contributed by atoms with E-state index in [1.165, 1.54) is 16.7 Å². The number of anilines is 1. The molecule has 3 nitrogen and oxygen atoms in total. The molecule has 1 heterocycles. The number of hydrogen-bond acceptors (Lipinski definition) is 4. The predicted octanol–water partition coefficient (Wildman–Crippen LogP) is 5.40. The first-order valence-corrected chi connectivity index (χ1v) is 9.91. The summed E-state index contributed by atoms with van der Waals surface area (Å²) in [4.78, 5) is 17.9. The van der Waals surface area contributed by atoms with Crippen molar-refractivity contribution in [1.82, 2.24) is 4.98 Å². The fourth-order valence-corrected chi connectivity index (χ4v) is 3.88. The maximum atomic E-state index is 12.4. The molecule has 0 aliphatic carbocycles. The van der Waals surface area contributed by atoms with E-state index in [9.17, 15) is 4.79 Å². The number of thioether (sulfide) groups is 2. The van der Waals surface area contributed by atoms with Crippen LogP contribution in [-0.2, 0) is 4.79 Å². The Hall–Kier alpha value is -1.46. The second-order valence-electron chi connectivity index (χ2n) is 5.73. The molecule has 2 rings (SSSR count). The van der Waals surface area contributed by atoms with Crippen LogP contribution in [0.1, 0.15) is 32.8 Å². The van der Waals surface area contributed by atoms with Crippen molar-refractivity contribution in [2.24, 2.45) is 0 Å². The Labute approximate surface area is 153 Å². The minimum Gasteiger partial charge on any atom is -0.325 e. The topological polar surface area (TPSA) is 42.0 Å². The maximum Gasteiger partial charge on any atom is 0.237 e. The summed E-state index contributed by atoms with van der Waals surface area (Å²) in [6.07, 6.45) is 2.88. The highest BCUT2D eigenvalue weighted by Gasteiger charge is 2.16. The Morgan fingerprint density at radius 2 is 2.00 bits per heavy atom. The smallest absolute Gasteiger partial charge is 0.237 e.